The summed E-state index contributed by atoms with van der Waals surface area (Å²) >= 11 is 3.60. The zero-order valence-corrected chi connectivity index (χ0v) is 12.8. The number of piperidine rings is 1. The summed E-state index contributed by atoms with van der Waals surface area (Å²) in [6.07, 6.45) is 2.41. The molecule has 2 rings (SSSR count). The summed E-state index contributed by atoms with van der Waals surface area (Å²) in [5.74, 6) is -0.392. The lowest BCUT2D eigenvalue weighted by molar-refractivity contribution is -0.138. The molecule has 0 radical (unpaired) electrons. The van der Waals surface area contributed by atoms with E-state index in [-0.39, 0.29) is 5.92 Å². The Morgan fingerprint density at radius 3 is 2.95 bits per heavy atom. The first kappa shape index (κ1) is 14.5. The summed E-state index contributed by atoms with van der Waals surface area (Å²) in [5.41, 5.74) is 1.28. The molecule has 1 N–H and O–H groups in total. The zero-order chi connectivity index (χ0) is 13.8. The van der Waals surface area contributed by atoms with Crippen molar-refractivity contribution >= 4 is 21.9 Å². The molecule has 1 aliphatic rings. The van der Waals surface area contributed by atoms with Gasteiger partial charge in [0.05, 0.1) is 0 Å². The molecule has 1 fully saturated rings. The number of benzene rings is 1. The number of carboxylic acid groups (broad SMARTS) is 1. The molecule has 0 bridgehead atoms. The molecule has 0 spiro atoms. The van der Waals surface area contributed by atoms with Gasteiger partial charge in [-0.1, -0.05) is 34.1 Å². The second-order valence-corrected chi connectivity index (χ2v) is 6.15. The molecule has 0 aromatic heterocycles. The molecule has 1 aliphatic heterocycles. The Morgan fingerprint density at radius 2 is 2.26 bits per heavy atom. The highest BCUT2D eigenvalue weighted by Gasteiger charge is 2.26. The van der Waals surface area contributed by atoms with E-state index in [0.717, 1.165) is 30.4 Å². The van der Waals surface area contributed by atoms with Crippen LogP contribution >= 0.6 is 15.9 Å². The van der Waals surface area contributed by atoms with Crippen LogP contribution in [0.5, 0.6) is 0 Å². The van der Waals surface area contributed by atoms with Gasteiger partial charge in [-0.2, -0.15) is 0 Å². The Labute approximate surface area is 122 Å². The second kappa shape index (κ2) is 6.53. The first-order valence-electron chi connectivity index (χ1n) is 6.78. The van der Waals surface area contributed by atoms with Gasteiger partial charge in [0.1, 0.15) is 0 Å². The fourth-order valence-corrected chi connectivity index (χ4v) is 3.49. The zero-order valence-electron chi connectivity index (χ0n) is 11.2. The van der Waals surface area contributed by atoms with Crippen LogP contribution in [0.4, 0.5) is 0 Å². The van der Waals surface area contributed by atoms with E-state index in [1.165, 1.54) is 5.56 Å². The van der Waals surface area contributed by atoms with Crippen molar-refractivity contribution < 1.29 is 9.90 Å². The molecule has 1 heterocycles. The minimum atomic E-state index is -0.680. The maximum Gasteiger partial charge on any atom is 0.303 e. The van der Waals surface area contributed by atoms with Crippen LogP contribution in [0.15, 0.2) is 28.7 Å². The van der Waals surface area contributed by atoms with Crippen LogP contribution in [0.3, 0.4) is 0 Å². The number of aliphatic carboxylic acids is 1. The Kier molecular flexibility index (Phi) is 4.99. The van der Waals surface area contributed by atoms with E-state index in [0.29, 0.717) is 12.5 Å². The smallest absolute Gasteiger partial charge is 0.303 e. The number of hydrogen-bond acceptors (Lipinski definition) is 2. The third kappa shape index (κ3) is 3.80. The predicted molar refractivity (Wildman–Crippen MR) is 79.1 cm³/mol. The molecule has 2 atom stereocenters. The molecule has 3 nitrogen and oxygen atoms in total. The molecule has 1 aromatic rings. The minimum Gasteiger partial charge on any atom is -0.481 e. The van der Waals surface area contributed by atoms with Gasteiger partial charge in [-0.25, -0.2) is 0 Å². The van der Waals surface area contributed by atoms with E-state index in [1.807, 2.05) is 6.07 Å². The average molecular weight is 326 g/mol. The molecule has 19 heavy (non-hydrogen) atoms. The van der Waals surface area contributed by atoms with Crippen LogP contribution in [0, 0.1) is 5.92 Å². The maximum atomic E-state index is 10.8. The Hall–Kier alpha value is -0.870. The van der Waals surface area contributed by atoms with Gasteiger partial charge in [-0.3, -0.25) is 9.69 Å². The number of likely N-dealkylation sites (tertiary alicyclic amines) is 1. The van der Waals surface area contributed by atoms with Crippen molar-refractivity contribution in [1.82, 2.24) is 4.90 Å². The highest BCUT2D eigenvalue weighted by atomic mass is 79.9. The van der Waals surface area contributed by atoms with Crippen LogP contribution in [0.25, 0.3) is 0 Å². The van der Waals surface area contributed by atoms with Gasteiger partial charge in [0, 0.05) is 23.5 Å². The molecule has 104 valence electrons. The highest BCUT2D eigenvalue weighted by Crippen LogP contribution is 2.31. The van der Waals surface area contributed by atoms with E-state index in [9.17, 15) is 4.79 Å². The van der Waals surface area contributed by atoms with E-state index >= 15 is 0 Å². The van der Waals surface area contributed by atoms with Crippen molar-refractivity contribution in [2.75, 3.05) is 13.1 Å². The molecule has 1 saturated heterocycles. The standard InChI is InChI=1S/C15H20BrNO2/c1-11(13-6-2-3-7-14(13)16)17-8-4-5-12(10-17)9-15(18)19/h2-3,6-7,11-12H,4-5,8-10H2,1H3,(H,18,19). The third-order valence-electron chi connectivity index (χ3n) is 3.92. The quantitative estimate of drug-likeness (QED) is 0.917. The topological polar surface area (TPSA) is 40.5 Å². The SMILES string of the molecule is CC(c1ccccc1Br)N1CCCC(CC(=O)O)C1. The number of rotatable bonds is 4. The fraction of sp³-hybridized carbons (Fsp3) is 0.533. The number of halogens is 1. The Bertz CT molecular complexity index is 450. The van der Waals surface area contributed by atoms with E-state index in [4.69, 9.17) is 5.11 Å². The first-order chi connectivity index (χ1) is 9.08. The number of nitrogens with zero attached hydrogens (tertiary/aromatic N) is 1. The molecular weight excluding hydrogens is 306 g/mol. The van der Waals surface area contributed by atoms with E-state index < -0.39 is 5.97 Å². The van der Waals surface area contributed by atoms with Crippen molar-refractivity contribution in [3.8, 4) is 0 Å². The van der Waals surface area contributed by atoms with E-state index in [1.54, 1.807) is 0 Å². The summed E-state index contributed by atoms with van der Waals surface area (Å²) < 4.78 is 1.13. The van der Waals surface area contributed by atoms with Crippen LogP contribution in [0.1, 0.15) is 37.8 Å². The largest absolute Gasteiger partial charge is 0.481 e. The van der Waals surface area contributed by atoms with Gasteiger partial charge in [0.2, 0.25) is 0 Å². The van der Waals surface area contributed by atoms with Gasteiger partial charge in [0.25, 0.3) is 0 Å². The highest BCUT2D eigenvalue weighted by molar-refractivity contribution is 9.10. The second-order valence-electron chi connectivity index (χ2n) is 5.30. The number of carboxylic acids is 1. The van der Waals surface area contributed by atoms with Crippen molar-refractivity contribution in [3.05, 3.63) is 34.3 Å². The van der Waals surface area contributed by atoms with Gasteiger partial charge in [0.15, 0.2) is 0 Å². The Balaban J connectivity index is 2.05. The monoisotopic (exact) mass is 325 g/mol. The van der Waals surface area contributed by atoms with Crippen LogP contribution in [0.2, 0.25) is 0 Å². The summed E-state index contributed by atoms with van der Waals surface area (Å²) in [4.78, 5) is 13.2. The molecule has 1 aromatic carbocycles. The molecular formula is C15H20BrNO2. The van der Waals surface area contributed by atoms with Crippen LogP contribution in [-0.4, -0.2) is 29.1 Å². The van der Waals surface area contributed by atoms with E-state index in [2.05, 4.69) is 46.0 Å². The average Bonchev–Trinajstić information content (AvgIpc) is 2.38. The van der Waals surface area contributed by atoms with Crippen LogP contribution < -0.4 is 0 Å². The summed E-state index contributed by atoms with van der Waals surface area (Å²) in [5, 5.41) is 8.93. The fourth-order valence-electron chi connectivity index (χ4n) is 2.87. The lowest BCUT2D eigenvalue weighted by Crippen LogP contribution is -2.38. The van der Waals surface area contributed by atoms with Gasteiger partial charge >= 0.3 is 5.97 Å². The molecule has 0 saturated carbocycles. The molecule has 0 amide bonds. The minimum absolute atomic E-state index is 0.288. The van der Waals surface area contributed by atoms with Crippen molar-refractivity contribution in [1.29, 1.82) is 0 Å². The number of hydrogen-bond donors (Lipinski definition) is 1. The molecule has 4 heteroatoms. The van der Waals surface area contributed by atoms with Crippen molar-refractivity contribution in [2.45, 2.75) is 32.2 Å². The lowest BCUT2D eigenvalue weighted by atomic mass is 9.93. The lowest BCUT2D eigenvalue weighted by Gasteiger charge is -2.37. The molecule has 0 aliphatic carbocycles. The maximum absolute atomic E-state index is 10.8. The summed E-state index contributed by atoms with van der Waals surface area (Å²) in [6.45, 7) is 4.14. The van der Waals surface area contributed by atoms with Crippen molar-refractivity contribution in [3.63, 3.8) is 0 Å². The number of carbonyl (C=O) groups is 1. The van der Waals surface area contributed by atoms with Gasteiger partial charge < -0.3 is 5.11 Å². The van der Waals surface area contributed by atoms with Crippen LogP contribution in [-0.2, 0) is 4.79 Å². The normalized spacial score (nSPS) is 22.1. The third-order valence-corrected chi connectivity index (χ3v) is 4.64. The molecule has 2 unspecified atom stereocenters. The summed E-state index contributed by atoms with van der Waals surface area (Å²) in [7, 11) is 0. The first-order valence-corrected chi connectivity index (χ1v) is 7.57. The van der Waals surface area contributed by atoms with Gasteiger partial charge in [-0.15, -0.1) is 0 Å². The summed E-state index contributed by atoms with van der Waals surface area (Å²) in [6, 6.07) is 8.59. The Morgan fingerprint density at radius 1 is 1.53 bits per heavy atom. The predicted octanol–water partition coefficient (Wildman–Crippen LogP) is 3.70. The van der Waals surface area contributed by atoms with Gasteiger partial charge in [-0.05, 0) is 43.9 Å². The van der Waals surface area contributed by atoms with Crippen molar-refractivity contribution in [2.24, 2.45) is 5.92 Å².